The first kappa shape index (κ1) is 31.2. The van der Waals surface area contributed by atoms with E-state index in [4.69, 9.17) is 0 Å². The first-order chi connectivity index (χ1) is 20.7. The summed E-state index contributed by atoms with van der Waals surface area (Å²) in [5.74, 6) is 0.699. The predicted molar refractivity (Wildman–Crippen MR) is 152 cm³/mol. The van der Waals surface area contributed by atoms with Crippen LogP contribution in [0.5, 0.6) is 0 Å². The molecule has 15 heteroatoms. The maximum Gasteiger partial charge on any atom is 0.435 e. The average Bonchev–Trinajstić information content (AvgIpc) is 3.44. The molecule has 0 spiro atoms. The van der Waals surface area contributed by atoms with Crippen molar-refractivity contribution in [2.45, 2.75) is 37.8 Å². The lowest BCUT2D eigenvalue weighted by atomic mass is 9.94. The summed E-state index contributed by atoms with van der Waals surface area (Å²) in [6.45, 7) is 4.05. The number of aromatic nitrogens is 3. The number of hydrogen-bond donors (Lipinski definition) is 0. The Balaban J connectivity index is 1.27. The third kappa shape index (κ3) is 5.92. The summed E-state index contributed by atoms with van der Waals surface area (Å²) in [5, 5.41) is 13.2. The van der Waals surface area contributed by atoms with Gasteiger partial charge in [0, 0.05) is 11.1 Å². The number of benzene rings is 3. The van der Waals surface area contributed by atoms with E-state index in [9.17, 15) is 35.1 Å². The van der Waals surface area contributed by atoms with Gasteiger partial charge in [0.1, 0.15) is 12.1 Å². The fourth-order valence-electron chi connectivity index (χ4n) is 4.40. The monoisotopic (exact) mass is 638 g/mol. The van der Waals surface area contributed by atoms with Gasteiger partial charge in [-0.25, -0.2) is 18.4 Å². The Morgan fingerprint density at radius 1 is 0.886 bits per heavy atom. The summed E-state index contributed by atoms with van der Waals surface area (Å²) >= 11 is 1.48. The van der Waals surface area contributed by atoms with Crippen molar-refractivity contribution in [2.75, 3.05) is 10.8 Å². The molecule has 0 aliphatic carbocycles. The van der Waals surface area contributed by atoms with E-state index < -0.39 is 23.6 Å². The van der Waals surface area contributed by atoms with Crippen molar-refractivity contribution in [3.8, 4) is 17.1 Å². The number of amidine groups is 1. The zero-order valence-corrected chi connectivity index (χ0v) is 23.7. The number of alkyl halides is 7. The summed E-state index contributed by atoms with van der Waals surface area (Å²) in [6.07, 6.45) is -9.65. The van der Waals surface area contributed by atoms with Crippen LogP contribution < -0.4 is 4.90 Å². The number of nitrogens with zero attached hydrogens (tertiary/aromatic N) is 6. The van der Waals surface area contributed by atoms with Crippen LogP contribution in [0, 0.1) is 5.82 Å². The van der Waals surface area contributed by atoms with Crippen LogP contribution in [0.25, 0.3) is 17.1 Å². The Kier molecular flexibility index (Phi) is 8.27. The second kappa shape index (κ2) is 11.7. The Hall–Kier alpha value is -4.27. The van der Waals surface area contributed by atoms with Gasteiger partial charge in [0.25, 0.3) is 0 Å². The van der Waals surface area contributed by atoms with Crippen LogP contribution in [0.2, 0.25) is 0 Å². The van der Waals surface area contributed by atoms with Gasteiger partial charge in [-0.1, -0.05) is 68.1 Å². The topological polar surface area (TPSA) is 58.7 Å². The molecular formula is C29H22F8N6S. The molecule has 0 atom stereocenters. The molecule has 0 N–H and O–H groups in total. The number of anilines is 1. The Morgan fingerprint density at radius 3 is 2.11 bits per heavy atom. The molecule has 4 aromatic rings. The fourth-order valence-corrected chi connectivity index (χ4v) is 5.11. The van der Waals surface area contributed by atoms with Crippen LogP contribution in [0.4, 0.5) is 40.8 Å². The van der Waals surface area contributed by atoms with Gasteiger partial charge < -0.3 is 4.90 Å². The molecule has 1 aliphatic rings. The number of thioether (sulfide) groups is 1. The van der Waals surface area contributed by atoms with E-state index in [1.165, 1.54) is 36.4 Å². The van der Waals surface area contributed by atoms with Gasteiger partial charge in [-0.3, -0.25) is 0 Å². The van der Waals surface area contributed by atoms with E-state index in [2.05, 4.69) is 20.3 Å². The van der Waals surface area contributed by atoms with Crippen LogP contribution >= 0.6 is 11.8 Å². The summed E-state index contributed by atoms with van der Waals surface area (Å²) in [5.41, 5.74) is -4.03. The molecular weight excluding hydrogens is 616 g/mol. The molecule has 5 rings (SSSR count). The van der Waals surface area contributed by atoms with Crippen molar-refractivity contribution in [3.63, 3.8) is 0 Å². The van der Waals surface area contributed by atoms with Crippen molar-refractivity contribution >= 4 is 28.8 Å². The lowest BCUT2D eigenvalue weighted by Gasteiger charge is -2.35. The third-order valence-corrected chi connectivity index (χ3v) is 7.73. The van der Waals surface area contributed by atoms with E-state index >= 15 is 0 Å². The van der Waals surface area contributed by atoms with E-state index in [0.29, 0.717) is 34.3 Å². The van der Waals surface area contributed by atoms with Gasteiger partial charge >= 0.3 is 18.0 Å². The Labute approximate surface area is 250 Å². The Morgan fingerprint density at radius 2 is 1.55 bits per heavy atom. The summed E-state index contributed by atoms with van der Waals surface area (Å²) < 4.78 is 108. The average molecular weight is 639 g/mol. The summed E-state index contributed by atoms with van der Waals surface area (Å²) in [4.78, 5) is 6.02. The zero-order chi connectivity index (χ0) is 31.9. The molecule has 0 unspecified atom stereocenters. The van der Waals surface area contributed by atoms with E-state index in [1.54, 1.807) is 30.3 Å². The van der Waals surface area contributed by atoms with Gasteiger partial charge in [-0.15, -0.1) is 10.2 Å². The highest BCUT2D eigenvalue weighted by molar-refractivity contribution is 8.16. The highest BCUT2D eigenvalue weighted by Crippen LogP contribution is 2.53. The van der Waals surface area contributed by atoms with Crippen molar-refractivity contribution in [2.24, 2.45) is 10.2 Å². The molecule has 2 heterocycles. The number of hydrogen-bond acceptors (Lipinski definition) is 5. The molecule has 3 aromatic carbocycles. The second-order valence-electron chi connectivity index (χ2n) is 10.0. The summed E-state index contributed by atoms with van der Waals surface area (Å²) in [6, 6.07) is 14.1. The van der Waals surface area contributed by atoms with Crippen LogP contribution in [0.1, 0.15) is 36.5 Å². The largest absolute Gasteiger partial charge is 0.435 e. The molecule has 1 saturated heterocycles. The van der Waals surface area contributed by atoms with Crippen LogP contribution in [-0.2, 0) is 5.67 Å². The first-order valence-corrected chi connectivity index (χ1v) is 13.9. The minimum atomic E-state index is -6.20. The standard InChI is InChI=1S/C29H22F8N6S/c1-17(2)23-12-9-21(30)13-24(23)42-16-44-26(42)40-39-14-18-3-5-19(6-4-18)25-38-15-43(41-25)22-10-7-20(8-11-22)27(31,28(32,33)34)29(35,36)37/h3-15,17H,16H2,1-2H3/b39-14+,40-26-. The Bertz CT molecular complexity index is 1680. The van der Waals surface area contributed by atoms with Crippen LogP contribution in [0.3, 0.4) is 0 Å². The van der Waals surface area contributed by atoms with Crippen molar-refractivity contribution in [1.29, 1.82) is 0 Å². The van der Waals surface area contributed by atoms with Crippen LogP contribution in [-0.4, -0.2) is 44.4 Å². The molecule has 0 radical (unpaired) electrons. The molecule has 6 nitrogen and oxygen atoms in total. The highest BCUT2D eigenvalue weighted by atomic mass is 32.2. The van der Waals surface area contributed by atoms with Crippen molar-refractivity contribution in [3.05, 3.63) is 95.6 Å². The third-order valence-electron chi connectivity index (χ3n) is 6.78. The molecule has 1 aromatic heterocycles. The molecule has 1 aliphatic heterocycles. The fraction of sp³-hybridized carbons (Fsp3) is 0.241. The van der Waals surface area contributed by atoms with E-state index in [0.717, 1.165) is 28.1 Å². The molecule has 1 fully saturated rings. The van der Waals surface area contributed by atoms with Gasteiger partial charge in [0.05, 0.1) is 23.5 Å². The summed E-state index contributed by atoms with van der Waals surface area (Å²) in [7, 11) is 0. The zero-order valence-electron chi connectivity index (χ0n) is 22.9. The molecule has 44 heavy (non-hydrogen) atoms. The number of rotatable bonds is 7. The maximum absolute atomic E-state index is 14.3. The maximum atomic E-state index is 14.3. The minimum absolute atomic E-state index is 0.0729. The highest BCUT2D eigenvalue weighted by Gasteiger charge is 2.73. The van der Waals surface area contributed by atoms with Gasteiger partial charge in [-0.05, 0) is 41.3 Å². The van der Waals surface area contributed by atoms with Gasteiger partial charge in [0.2, 0.25) is 0 Å². The lowest BCUT2D eigenvalue weighted by Crippen LogP contribution is -2.50. The van der Waals surface area contributed by atoms with Crippen molar-refractivity contribution in [1.82, 2.24) is 14.8 Å². The quantitative estimate of drug-likeness (QED) is 0.116. The first-order valence-electron chi connectivity index (χ1n) is 12.9. The predicted octanol–water partition coefficient (Wildman–Crippen LogP) is 8.39. The molecule has 0 saturated carbocycles. The molecule has 0 bridgehead atoms. The van der Waals surface area contributed by atoms with Gasteiger partial charge in [-0.2, -0.15) is 31.4 Å². The van der Waals surface area contributed by atoms with E-state index in [1.807, 2.05) is 18.7 Å². The van der Waals surface area contributed by atoms with Crippen LogP contribution in [0.15, 0.2) is 83.3 Å². The lowest BCUT2D eigenvalue weighted by molar-refractivity contribution is -0.348. The van der Waals surface area contributed by atoms with Crippen molar-refractivity contribution < 1.29 is 35.1 Å². The molecule has 0 amide bonds. The van der Waals surface area contributed by atoms with E-state index in [-0.39, 0.29) is 23.2 Å². The van der Waals surface area contributed by atoms with Gasteiger partial charge in [0.15, 0.2) is 11.0 Å². The molecule has 230 valence electrons. The normalized spacial score (nSPS) is 15.4. The second-order valence-corrected chi connectivity index (χ2v) is 10.9. The minimum Gasteiger partial charge on any atom is -0.309 e. The SMILES string of the molecule is CC(C)c1ccc(F)cc1N1CS/C1=N\N=C\c1ccc(-c2ncn(-c3ccc(C(F)(C(F)(F)F)C(F)(F)F)cc3)n2)cc1. The smallest absolute Gasteiger partial charge is 0.309 e. The number of halogens is 8.